The highest BCUT2D eigenvalue weighted by atomic mass is 79.9. The van der Waals surface area contributed by atoms with E-state index >= 15 is 0 Å². The zero-order valence-corrected chi connectivity index (χ0v) is 22.9. The van der Waals surface area contributed by atoms with E-state index in [9.17, 15) is 18.0 Å². The van der Waals surface area contributed by atoms with Crippen molar-refractivity contribution in [1.29, 1.82) is 0 Å². The summed E-state index contributed by atoms with van der Waals surface area (Å²) >= 11 is 3.50. The number of nitrogens with zero attached hydrogens (tertiary/aromatic N) is 1. The third-order valence-electron chi connectivity index (χ3n) is 6.05. The number of methoxy groups -OCH3 is 1. The number of carbonyl (C=O) groups excluding carboxylic acids is 1. The normalized spacial score (nSPS) is 11.6. The van der Waals surface area contributed by atoms with Gasteiger partial charge in [0.1, 0.15) is 0 Å². The lowest BCUT2D eigenvalue weighted by Gasteiger charge is -2.19. The predicted octanol–water partition coefficient (Wildman–Crippen LogP) is 5.00. The fraction of sp³-hybridized carbons (Fsp3) is 0.214. The Kier molecular flexibility index (Phi) is 8.39. The number of aromatic nitrogens is 1. The fourth-order valence-corrected chi connectivity index (χ4v) is 5.62. The van der Waals surface area contributed by atoms with Crippen LogP contribution in [0.5, 0.6) is 0 Å². The quantitative estimate of drug-likeness (QED) is 0.210. The first-order valence-electron chi connectivity index (χ1n) is 11.8. The van der Waals surface area contributed by atoms with Crippen LogP contribution in [0.25, 0.3) is 21.9 Å². The van der Waals surface area contributed by atoms with E-state index in [4.69, 9.17) is 4.74 Å². The van der Waals surface area contributed by atoms with E-state index in [-0.39, 0.29) is 42.4 Å². The second-order valence-electron chi connectivity index (χ2n) is 8.48. The highest BCUT2D eigenvalue weighted by molar-refractivity contribution is 9.10. The summed E-state index contributed by atoms with van der Waals surface area (Å²) < 4.78 is 34.7. The molecule has 1 aromatic heterocycles. The molecule has 0 fully saturated rings. The van der Waals surface area contributed by atoms with Crippen molar-refractivity contribution in [2.24, 2.45) is 0 Å². The number of carbonyl (C=O) groups is 1. The minimum Gasteiger partial charge on any atom is -0.383 e. The van der Waals surface area contributed by atoms with Gasteiger partial charge in [0, 0.05) is 35.5 Å². The SMILES string of the molecule is CCC(=O)c1c(-c2ccccc2)c2cc(Br)ccc2c(=O)n1Cc1ccc(S(=O)(=O)NCCOC)cc1. The van der Waals surface area contributed by atoms with Crippen LogP contribution in [0, 0.1) is 0 Å². The summed E-state index contributed by atoms with van der Waals surface area (Å²) in [7, 11) is -2.19. The summed E-state index contributed by atoms with van der Waals surface area (Å²) in [5.74, 6) is -0.153. The number of rotatable bonds is 10. The highest BCUT2D eigenvalue weighted by Gasteiger charge is 2.23. The van der Waals surface area contributed by atoms with Gasteiger partial charge in [-0.15, -0.1) is 0 Å². The van der Waals surface area contributed by atoms with Crippen molar-refractivity contribution in [2.45, 2.75) is 24.8 Å². The Hall–Kier alpha value is -3.11. The summed E-state index contributed by atoms with van der Waals surface area (Å²) in [4.78, 5) is 27.2. The molecule has 192 valence electrons. The molecule has 0 aliphatic rings. The van der Waals surface area contributed by atoms with Gasteiger partial charge in [-0.1, -0.05) is 65.3 Å². The molecule has 0 aliphatic carbocycles. The molecular weight excluding hydrogens is 556 g/mol. The van der Waals surface area contributed by atoms with Crippen molar-refractivity contribution < 1.29 is 17.9 Å². The van der Waals surface area contributed by atoms with Crippen LogP contribution in [-0.4, -0.2) is 39.0 Å². The standard InChI is InChI=1S/C28H27BrN2O5S/c1-3-25(32)27-26(20-7-5-4-6-8-20)24-17-21(29)11-14-23(24)28(33)31(27)18-19-9-12-22(13-10-19)37(34,35)30-15-16-36-2/h4-14,17,30H,3,15-16,18H2,1-2H3. The summed E-state index contributed by atoms with van der Waals surface area (Å²) in [5.41, 5.74) is 2.28. The van der Waals surface area contributed by atoms with Crippen LogP contribution in [-0.2, 0) is 21.3 Å². The molecule has 4 aromatic rings. The van der Waals surface area contributed by atoms with E-state index in [1.807, 2.05) is 36.4 Å². The molecule has 0 bridgehead atoms. The number of sulfonamides is 1. The first-order chi connectivity index (χ1) is 17.8. The van der Waals surface area contributed by atoms with Gasteiger partial charge in [0.2, 0.25) is 10.0 Å². The number of fused-ring (bicyclic) bond motifs is 1. The van der Waals surface area contributed by atoms with Gasteiger partial charge in [-0.2, -0.15) is 0 Å². The van der Waals surface area contributed by atoms with Crippen molar-refractivity contribution >= 4 is 42.5 Å². The van der Waals surface area contributed by atoms with Crippen molar-refractivity contribution in [3.05, 3.63) is 98.9 Å². The molecular formula is C28H27BrN2O5S. The molecule has 0 unspecified atom stereocenters. The van der Waals surface area contributed by atoms with E-state index in [0.717, 1.165) is 10.0 Å². The largest absolute Gasteiger partial charge is 0.383 e. The van der Waals surface area contributed by atoms with E-state index in [1.165, 1.54) is 23.8 Å². The molecule has 7 nitrogen and oxygen atoms in total. The molecule has 0 aliphatic heterocycles. The molecule has 0 saturated carbocycles. The highest BCUT2D eigenvalue weighted by Crippen LogP contribution is 2.33. The van der Waals surface area contributed by atoms with Gasteiger partial charge in [-0.25, -0.2) is 13.1 Å². The average Bonchev–Trinajstić information content (AvgIpc) is 2.90. The molecule has 0 saturated heterocycles. The van der Waals surface area contributed by atoms with Crippen LogP contribution in [0.15, 0.2) is 87.0 Å². The maximum Gasteiger partial charge on any atom is 0.259 e. The van der Waals surface area contributed by atoms with Crippen LogP contribution in [0.2, 0.25) is 0 Å². The zero-order valence-electron chi connectivity index (χ0n) is 20.5. The Labute approximate surface area is 224 Å². The van der Waals surface area contributed by atoms with E-state index in [1.54, 1.807) is 31.2 Å². The predicted molar refractivity (Wildman–Crippen MR) is 149 cm³/mol. The summed E-state index contributed by atoms with van der Waals surface area (Å²) in [6, 6.07) is 21.3. The number of hydrogen-bond donors (Lipinski definition) is 1. The molecule has 0 radical (unpaired) electrons. The number of nitrogens with one attached hydrogen (secondary N) is 1. The number of pyridine rings is 1. The van der Waals surface area contributed by atoms with Gasteiger partial charge in [0.15, 0.2) is 5.78 Å². The number of benzene rings is 3. The topological polar surface area (TPSA) is 94.5 Å². The number of hydrogen-bond acceptors (Lipinski definition) is 5. The first-order valence-corrected chi connectivity index (χ1v) is 14.1. The van der Waals surface area contributed by atoms with Crippen LogP contribution in [0.4, 0.5) is 0 Å². The first kappa shape index (κ1) is 26.9. The van der Waals surface area contributed by atoms with Gasteiger partial charge in [-0.3, -0.25) is 14.2 Å². The van der Waals surface area contributed by atoms with Crippen LogP contribution in [0.3, 0.4) is 0 Å². The molecule has 1 N–H and O–H groups in total. The Bertz CT molecular complexity index is 1600. The number of halogens is 1. The molecule has 37 heavy (non-hydrogen) atoms. The third-order valence-corrected chi connectivity index (χ3v) is 8.02. The van der Waals surface area contributed by atoms with Crippen LogP contribution < -0.4 is 10.3 Å². The van der Waals surface area contributed by atoms with Gasteiger partial charge in [0.05, 0.1) is 23.7 Å². The summed E-state index contributed by atoms with van der Waals surface area (Å²) in [5, 5.41) is 1.19. The lowest BCUT2D eigenvalue weighted by atomic mass is 9.94. The average molecular weight is 584 g/mol. The third kappa shape index (κ3) is 5.75. The molecule has 0 spiro atoms. The zero-order chi connectivity index (χ0) is 26.6. The molecule has 0 atom stereocenters. The van der Waals surface area contributed by atoms with Crippen molar-refractivity contribution in [2.75, 3.05) is 20.3 Å². The Morgan fingerprint density at radius 2 is 1.70 bits per heavy atom. The van der Waals surface area contributed by atoms with Gasteiger partial charge < -0.3 is 4.74 Å². The van der Waals surface area contributed by atoms with Crippen molar-refractivity contribution in [1.82, 2.24) is 9.29 Å². The molecule has 4 rings (SSSR count). The lowest BCUT2D eigenvalue weighted by molar-refractivity contribution is 0.0979. The number of Topliss-reactive ketones (excluding diaryl/α,β-unsaturated/α-hetero) is 1. The molecule has 1 heterocycles. The monoisotopic (exact) mass is 582 g/mol. The van der Waals surface area contributed by atoms with Gasteiger partial charge in [-0.05, 0) is 46.8 Å². The maximum atomic E-state index is 13.7. The molecule has 3 aromatic carbocycles. The summed E-state index contributed by atoms with van der Waals surface area (Å²) in [6.07, 6.45) is 0.225. The van der Waals surface area contributed by atoms with Crippen molar-refractivity contribution in [3.63, 3.8) is 0 Å². The van der Waals surface area contributed by atoms with E-state index in [2.05, 4.69) is 20.7 Å². The lowest BCUT2D eigenvalue weighted by Crippen LogP contribution is -2.28. The summed E-state index contributed by atoms with van der Waals surface area (Å²) in [6.45, 7) is 2.31. The minimum absolute atomic E-state index is 0.109. The van der Waals surface area contributed by atoms with Gasteiger partial charge in [0.25, 0.3) is 5.56 Å². The minimum atomic E-state index is -3.69. The van der Waals surface area contributed by atoms with E-state index < -0.39 is 10.0 Å². The number of ether oxygens (including phenoxy) is 1. The Morgan fingerprint density at radius 3 is 2.35 bits per heavy atom. The Balaban J connectivity index is 1.87. The van der Waals surface area contributed by atoms with Crippen LogP contribution in [0.1, 0.15) is 29.4 Å². The van der Waals surface area contributed by atoms with Gasteiger partial charge >= 0.3 is 0 Å². The molecule has 9 heteroatoms. The van der Waals surface area contributed by atoms with Crippen molar-refractivity contribution in [3.8, 4) is 11.1 Å². The maximum absolute atomic E-state index is 13.7. The number of ketones is 1. The second kappa shape index (κ2) is 11.5. The van der Waals surface area contributed by atoms with E-state index in [0.29, 0.717) is 27.6 Å². The second-order valence-corrected chi connectivity index (χ2v) is 11.2. The smallest absolute Gasteiger partial charge is 0.259 e. The molecule has 0 amide bonds. The fourth-order valence-electron chi connectivity index (χ4n) is 4.24. The Morgan fingerprint density at radius 1 is 1.00 bits per heavy atom. The van der Waals surface area contributed by atoms with Crippen LogP contribution >= 0.6 is 15.9 Å².